The number of amides is 1. The van der Waals surface area contributed by atoms with Gasteiger partial charge in [-0.25, -0.2) is 13.4 Å². The van der Waals surface area contributed by atoms with E-state index in [0.29, 0.717) is 28.3 Å². The number of fused-ring (bicyclic) bond motifs is 1. The molecule has 0 saturated carbocycles. The van der Waals surface area contributed by atoms with Crippen LogP contribution in [0.1, 0.15) is 32.3 Å². The summed E-state index contributed by atoms with van der Waals surface area (Å²) in [5.41, 5.74) is 1.78. The van der Waals surface area contributed by atoms with E-state index in [2.05, 4.69) is 18.7 Å². The second kappa shape index (κ2) is 11.8. The molecule has 2 aromatic carbocycles. The van der Waals surface area contributed by atoms with E-state index in [1.807, 2.05) is 19.1 Å². The lowest BCUT2D eigenvalue weighted by Gasteiger charge is -2.24. The van der Waals surface area contributed by atoms with Crippen molar-refractivity contribution in [3.05, 3.63) is 52.0 Å². The summed E-state index contributed by atoms with van der Waals surface area (Å²) < 4.78 is 26.2. The predicted molar refractivity (Wildman–Crippen MR) is 142 cm³/mol. The van der Waals surface area contributed by atoms with Crippen LogP contribution in [-0.4, -0.2) is 56.1 Å². The number of aryl methyl sites for hydroxylation is 1. The smallest absolute Gasteiger partial charge is 0.228 e. The molecule has 0 unspecified atom stereocenters. The van der Waals surface area contributed by atoms with Crippen LogP contribution in [-0.2, 0) is 14.6 Å². The van der Waals surface area contributed by atoms with Crippen molar-refractivity contribution >= 4 is 65.6 Å². The van der Waals surface area contributed by atoms with Crippen molar-refractivity contribution in [2.45, 2.75) is 38.5 Å². The summed E-state index contributed by atoms with van der Waals surface area (Å²) in [4.78, 5) is 22.1. The predicted octanol–water partition coefficient (Wildman–Crippen LogP) is 5.84. The molecule has 1 heterocycles. The molecule has 6 nitrogen and oxygen atoms in total. The topological polar surface area (TPSA) is 70.6 Å². The number of anilines is 1. The van der Waals surface area contributed by atoms with E-state index >= 15 is 0 Å². The molecule has 0 aliphatic carbocycles. The van der Waals surface area contributed by atoms with Gasteiger partial charge in [0.2, 0.25) is 5.91 Å². The SMILES string of the molecule is CCN(CC)CCN(C(=O)CCCS(=O)(=O)c1ccc(Cl)cc1)c1nc2c(C)ccc(Cl)c2s1. The zero-order valence-corrected chi connectivity index (χ0v) is 22.7. The second-order valence-corrected chi connectivity index (χ2v) is 11.9. The van der Waals surface area contributed by atoms with Crippen LogP contribution < -0.4 is 4.90 Å². The minimum absolute atomic E-state index is 0.105. The van der Waals surface area contributed by atoms with Gasteiger partial charge in [-0.2, -0.15) is 0 Å². The number of carbonyl (C=O) groups excluding carboxylic acids is 1. The zero-order valence-electron chi connectivity index (χ0n) is 19.6. The van der Waals surface area contributed by atoms with Crippen LogP contribution in [0.4, 0.5) is 5.13 Å². The van der Waals surface area contributed by atoms with E-state index in [1.165, 1.54) is 23.5 Å². The number of benzene rings is 2. The molecule has 0 aliphatic rings. The van der Waals surface area contributed by atoms with Crippen molar-refractivity contribution < 1.29 is 13.2 Å². The number of rotatable bonds is 11. The molecule has 10 heteroatoms. The zero-order chi connectivity index (χ0) is 24.9. The van der Waals surface area contributed by atoms with Gasteiger partial charge < -0.3 is 4.90 Å². The Labute approximate surface area is 215 Å². The Hall–Kier alpha value is -1.71. The normalized spacial score (nSPS) is 11.9. The van der Waals surface area contributed by atoms with Gasteiger partial charge in [-0.3, -0.25) is 9.69 Å². The molecular formula is C24H29Cl2N3O3S2. The first-order chi connectivity index (χ1) is 16.2. The molecule has 3 aromatic rings. The molecule has 0 saturated heterocycles. The fraction of sp³-hybridized carbons (Fsp3) is 0.417. The van der Waals surface area contributed by atoms with E-state index in [9.17, 15) is 13.2 Å². The van der Waals surface area contributed by atoms with Gasteiger partial charge in [-0.1, -0.05) is 54.5 Å². The number of sulfone groups is 1. The molecule has 1 amide bonds. The number of nitrogens with zero attached hydrogens (tertiary/aromatic N) is 3. The number of likely N-dealkylation sites (N-methyl/N-ethyl adjacent to an activating group) is 1. The second-order valence-electron chi connectivity index (χ2n) is 7.99. The Kier molecular flexibility index (Phi) is 9.34. The maximum atomic E-state index is 13.3. The first-order valence-electron chi connectivity index (χ1n) is 11.2. The largest absolute Gasteiger partial charge is 0.302 e. The molecule has 3 rings (SSSR count). The van der Waals surface area contributed by atoms with Gasteiger partial charge in [-0.05, 0) is 62.3 Å². The summed E-state index contributed by atoms with van der Waals surface area (Å²) in [7, 11) is -3.50. The van der Waals surface area contributed by atoms with Crippen LogP contribution in [0.25, 0.3) is 10.2 Å². The van der Waals surface area contributed by atoms with Gasteiger partial charge >= 0.3 is 0 Å². The van der Waals surface area contributed by atoms with Gasteiger partial charge in [0.25, 0.3) is 0 Å². The van der Waals surface area contributed by atoms with Crippen molar-refractivity contribution in [1.29, 1.82) is 0 Å². The fourth-order valence-corrected chi connectivity index (χ4v) is 6.42. The summed E-state index contributed by atoms with van der Waals surface area (Å²) in [6.45, 7) is 9.05. The van der Waals surface area contributed by atoms with Crippen LogP contribution in [0.5, 0.6) is 0 Å². The highest BCUT2D eigenvalue weighted by molar-refractivity contribution is 7.91. The Morgan fingerprint density at radius 2 is 1.71 bits per heavy atom. The third kappa shape index (κ3) is 6.49. The molecule has 184 valence electrons. The fourth-order valence-electron chi connectivity index (χ4n) is 3.62. The first kappa shape index (κ1) is 26.9. The maximum absolute atomic E-state index is 13.3. The highest BCUT2D eigenvalue weighted by atomic mass is 35.5. The number of hydrogen-bond acceptors (Lipinski definition) is 6. The average molecular weight is 543 g/mol. The number of halogens is 2. The lowest BCUT2D eigenvalue weighted by atomic mass is 10.2. The molecular weight excluding hydrogens is 513 g/mol. The van der Waals surface area contributed by atoms with Gasteiger partial charge in [0.1, 0.15) is 0 Å². The first-order valence-corrected chi connectivity index (χ1v) is 14.5. The number of hydrogen-bond donors (Lipinski definition) is 0. The molecule has 34 heavy (non-hydrogen) atoms. The molecule has 0 bridgehead atoms. The summed E-state index contributed by atoms with van der Waals surface area (Å²) in [6.07, 6.45) is 0.323. The van der Waals surface area contributed by atoms with Crippen molar-refractivity contribution in [3.8, 4) is 0 Å². The lowest BCUT2D eigenvalue weighted by Crippen LogP contribution is -2.38. The van der Waals surface area contributed by atoms with Crippen LogP contribution in [0.3, 0.4) is 0 Å². The summed E-state index contributed by atoms with van der Waals surface area (Å²) in [6, 6.07) is 9.83. The Morgan fingerprint density at radius 1 is 1.03 bits per heavy atom. The van der Waals surface area contributed by atoms with E-state index in [0.717, 1.165) is 28.9 Å². The highest BCUT2D eigenvalue weighted by Crippen LogP contribution is 2.36. The Balaban J connectivity index is 1.77. The minimum Gasteiger partial charge on any atom is -0.302 e. The maximum Gasteiger partial charge on any atom is 0.228 e. The lowest BCUT2D eigenvalue weighted by molar-refractivity contribution is -0.118. The van der Waals surface area contributed by atoms with Crippen LogP contribution in [0.15, 0.2) is 41.3 Å². The van der Waals surface area contributed by atoms with Crippen molar-refractivity contribution in [1.82, 2.24) is 9.88 Å². The number of aromatic nitrogens is 1. The van der Waals surface area contributed by atoms with Gasteiger partial charge in [-0.15, -0.1) is 0 Å². The molecule has 0 aliphatic heterocycles. The number of carbonyl (C=O) groups is 1. The van der Waals surface area contributed by atoms with Gasteiger partial charge in [0.05, 0.1) is 25.9 Å². The van der Waals surface area contributed by atoms with Crippen LogP contribution in [0, 0.1) is 6.92 Å². The molecule has 0 fully saturated rings. The third-order valence-electron chi connectivity index (χ3n) is 5.73. The molecule has 0 atom stereocenters. The van der Waals surface area contributed by atoms with E-state index < -0.39 is 9.84 Å². The van der Waals surface area contributed by atoms with E-state index in [4.69, 9.17) is 28.2 Å². The van der Waals surface area contributed by atoms with Crippen molar-refractivity contribution in [2.75, 3.05) is 36.8 Å². The summed E-state index contributed by atoms with van der Waals surface area (Å²) >= 11 is 13.6. The summed E-state index contributed by atoms with van der Waals surface area (Å²) in [5.74, 6) is -0.263. The monoisotopic (exact) mass is 541 g/mol. The van der Waals surface area contributed by atoms with Gasteiger partial charge in [0, 0.05) is 24.5 Å². The van der Waals surface area contributed by atoms with Crippen LogP contribution in [0.2, 0.25) is 10.0 Å². The Bertz CT molecular complexity index is 1200. The third-order valence-corrected chi connectivity index (χ3v) is 9.34. The molecule has 0 radical (unpaired) electrons. The van der Waals surface area contributed by atoms with E-state index in [1.54, 1.807) is 17.0 Å². The van der Waals surface area contributed by atoms with Crippen LogP contribution >= 0.6 is 34.5 Å². The molecule has 0 spiro atoms. The van der Waals surface area contributed by atoms with E-state index in [-0.39, 0.29) is 29.4 Å². The van der Waals surface area contributed by atoms with Crippen molar-refractivity contribution in [2.24, 2.45) is 0 Å². The van der Waals surface area contributed by atoms with Crippen molar-refractivity contribution in [3.63, 3.8) is 0 Å². The quantitative estimate of drug-likeness (QED) is 0.305. The number of thiazole rings is 1. The summed E-state index contributed by atoms with van der Waals surface area (Å²) in [5, 5.41) is 1.67. The molecule has 0 N–H and O–H groups in total. The molecule has 1 aromatic heterocycles. The van der Waals surface area contributed by atoms with Gasteiger partial charge in [0.15, 0.2) is 15.0 Å². The average Bonchev–Trinajstić information content (AvgIpc) is 3.26. The highest BCUT2D eigenvalue weighted by Gasteiger charge is 2.23. The Morgan fingerprint density at radius 3 is 2.32 bits per heavy atom. The standard InChI is InChI=1S/C24H29Cl2N3O3S2/c1-4-28(5-2)14-15-29(24-27-22-17(3)8-13-20(26)23(22)33-24)21(30)7-6-16-34(31,32)19-11-9-18(25)10-12-19/h8-13H,4-7,14-16H2,1-3H3. The minimum atomic E-state index is -3.50.